The van der Waals surface area contributed by atoms with Crippen LogP contribution in [0.25, 0.3) is 0 Å². The molecule has 0 bridgehead atoms. The molecule has 7 nitrogen and oxygen atoms in total. The minimum Gasteiger partial charge on any atom is -0.345 e. The predicted octanol–water partition coefficient (Wildman–Crippen LogP) is 2.90. The van der Waals surface area contributed by atoms with Gasteiger partial charge in [0.25, 0.3) is 0 Å². The first-order chi connectivity index (χ1) is 16.4. The lowest BCUT2D eigenvalue weighted by Gasteiger charge is -2.30. The van der Waals surface area contributed by atoms with Gasteiger partial charge in [-0.25, -0.2) is 0 Å². The van der Waals surface area contributed by atoms with Gasteiger partial charge in [0.2, 0.25) is 5.91 Å². The zero-order valence-corrected chi connectivity index (χ0v) is 21.5. The molecule has 1 amide bonds. The lowest BCUT2D eigenvalue weighted by atomic mass is 9.72. The van der Waals surface area contributed by atoms with Crippen LogP contribution < -0.4 is 16.8 Å². The smallest absolute Gasteiger partial charge is 0.237 e. The van der Waals surface area contributed by atoms with E-state index in [9.17, 15) is 19.2 Å². The Hall–Kier alpha value is -2.64. The van der Waals surface area contributed by atoms with Gasteiger partial charge in [0.1, 0.15) is 0 Å². The van der Waals surface area contributed by atoms with Crippen LogP contribution in [0.1, 0.15) is 65.4 Å². The van der Waals surface area contributed by atoms with E-state index in [0.717, 1.165) is 12.0 Å². The molecule has 1 fully saturated rings. The number of hydrogen-bond acceptors (Lipinski definition) is 6. The first-order valence-electron chi connectivity index (χ1n) is 12.6. The molecule has 0 radical (unpaired) electrons. The highest BCUT2D eigenvalue weighted by Gasteiger charge is 2.38. The van der Waals surface area contributed by atoms with Crippen LogP contribution in [0.5, 0.6) is 0 Å². The van der Waals surface area contributed by atoms with E-state index in [4.69, 9.17) is 11.5 Å². The molecule has 0 heterocycles. The van der Waals surface area contributed by atoms with Crippen molar-refractivity contribution >= 4 is 23.3 Å². The van der Waals surface area contributed by atoms with Crippen molar-refractivity contribution in [2.75, 3.05) is 6.54 Å². The molecule has 0 saturated heterocycles. The molecule has 1 saturated carbocycles. The number of ketones is 3. The average molecular weight is 484 g/mol. The van der Waals surface area contributed by atoms with Crippen LogP contribution in [-0.4, -0.2) is 41.9 Å². The molecule has 1 aliphatic carbocycles. The Bertz CT molecular complexity index is 915. The van der Waals surface area contributed by atoms with Crippen LogP contribution in [0.3, 0.4) is 0 Å². The van der Waals surface area contributed by atoms with Crippen LogP contribution in [0.15, 0.2) is 42.0 Å². The fourth-order valence-electron chi connectivity index (χ4n) is 4.50. The summed E-state index contributed by atoms with van der Waals surface area (Å²) in [5, 5.41) is 2.85. The van der Waals surface area contributed by atoms with Crippen molar-refractivity contribution in [3.8, 4) is 0 Å². The largest absolute Gasteiger partial charge is 0.345 e. The van der Waals surface area contributed by atoms with Crippen molar-refractivity contribution in [1.82, 2.24) is 5.32 Å². The molecule has 0 aliphatic heterocycles. The van der Waals surface area contributed by atoms with Crippen LogP contribution in [0.4, 0.5) is 0 Å². The molecule has 5 N–H and O–H groups in total. The highest BCUT2D eigenvalue weighted by Crippen LogP contribution is 2.34. The van der Waals surface area contributed by atoms with E-state index in [1.165, 1.54) is 0 Å². The number of carbonyl (C=O) groups excluding carboxylic acids is 4. The van der Waals surface area contributed by atoms with E-state index in [1.54, 1.807) is 6.08 Å². The molecular formula is C28H41N3O4. The number of carbonyl (C=O) groups is 4. The number of hydrogen-bond donors (Lipinski definition) is 3. The average Bonchev–Trinajstić information content (AvgIpc) is 2.77. The molecule has 2 rings (SSSR count). The summed E-state index contributed by atoms with van der Waals surface area (Å²) in [4.78, 5) is 52.0. The fourth-order valence-corrected chi connectivity index (χ4v) is 4.50. The van der Waals surface area contributed by atoms with Crippen LogP contribution >= 0.6 is 0 Å². The van der Waals surface area contributed by atoms with E-state index in [-0.39, 0.29) is 47.1 Å². The standard InChI is InChI=1S/C28H41N3O4/c1-18(2)20(15-21-24(32)16-28(3,4)17-25(21)33)26(34)23(12-8-9-13-29)31-27(35)22(30)14-19-10-6-5-7-11-19/h5-7,10-11,15,18,20,22-23H,8-9,12-14,16-17,29-30H2,1-4H3,(H,31,35)/t20?,22-,23-/m0/s1. The lowest BCUT2D eigenvalue weighted by Crippen LogP contribution is -2.51. The normalized spacial score (nSPS) is 18.2. The molecular weight excluding hydrogens is 442 g/mol. The third-order valence-electron chi connectivity index (χ3n) is 6.51. The summed E-state index contributed by atoms with van der Waals surface area (Å²) in [6.45, 7) is 8.03. The summed E-state index contributed by atoms with van der Waals surface area (Å²) in [5.74, 6) is -1.89. The molecule has 1 unspecified atom stereocenters. The van der Waals surface area contributed by atoms with Gasteiger partial charge in [0.05, 0.1) is 17.7 Å². The summed E-state index contributed by atoms with van der Waals surface area (Å²) in [6.07, 6.45) is 4.24. The second kappa shape index (κ2) is 12.9. The second-order valence-electron chi connectivity index (χ2n) is 10.8. The first kappa shape index (κ1) is 28.6. The zero-order valence-electron chi connectivity index (χ0n) is 21.5. The Balaban J connectivity index is 2.23. The first-order valence-corrected chi connectivity index (χ1v) is 12.6. The maximum absolute atomic E-state index is 13.7. The monoisotopic (exact) mass is 483 g/mol. The number of unbranched alkanes of at least 4 members (excludes halogenated alkanes) is 1. The molecule has 1 aromatic rings. The van der Waals surface area contributed by atoms with Gasteiger partial charge in [0, 0.05) is 18.8 Å². The van der Waals surface area contributed by atoms with Crippen molar-refractivity contribution in [3.63, 3.8) is 0 Å². The van der Waals surface area contributed by atoms with Gasteiger partial charge in [0.15, 0.2) is 17.3 Å². The molecule has 1 aromatic carbocycles. The Labute approximate surface area is 209 Å². The van der Waals surface area contributed by atoms with Crippen LogP contribution in [0, 0.1) is 17.3 Å². The van der Waals surface area contributed by atoms with Gasteiger partial charge < -0.3 is 16.8 Å². The van der Waals surface area contributed by atoms with E-state index in [0.29, 0.717) is 25.8 Å². The topological polar surface area (TPSA) is 132 Å². The van der Waals surface area contributed by atoms with E-state index < -0.39 is 23.9 Å². The van der Waals surface area contributed by atoms with E-state index >= 15 is 0 Å². The van der Waals surface area contributed by atoms with E-state index in [2.05, 4.69) is 5.32 Å². The van der Waals surface area contributed by atoms with Gasteiger partial charge in [-0.3, -0.25) is 19.2 Å². The number of Topliss-reactive ketones (excluding diaryl/α,β-unsaturated/α-hetero) is 3. The molecule has 0 spiro atoms. The fraction of sp³-hybridized carbons (Fsp3) is 0.571. The van der Waals surface area contributed by atoms with Gasteiger partial charge >= 0.3 is 0 Å². The number of nitrogens with two attached hydrogens (primary N) is 2. The number of allylic oxidation sites excluding steroid dienone is 2. The summed E-state index contributed by atoms with van der Waals surface area (Å²) >= 11 is 0. The summed E-state index contributed by atoms with van der Waals surface area (Å²) in [5.41, 5.74) is 12.5. The molecule has 7 heteroatoms. The van der Waals surface area contributed by atoms with Crippen molar-refractivity contribution in [3.05, 3.63) is 47.5 Å². The maximum atomic E-state index is 13.7. The maximum Gasteiger partial charge on any atom is 0.237 e. The van der Waals surface area contributed by atoms with Crippen molar-refractivity contribution in [2.24, 2.45) is 28.7 Å². The Morgan fingerprint density at radius 2 is 1.66 bits per heavy atom. The Morgan fingerprint density at radius 1 is 1.06 bits per heavy atom. The van der Waals surface area contributed by atoms with Crippen molar-refractivity contribution < 1.29 is 19.2 Å². The van der Waals surface area contributed by atoms with Crippen LogP contribution in [-0.2, 0) is 25.6 Å². The number of rotatable bonds is 12. The minimum atomic E-state index is -0.804. The molecule has 35 heavy (non-hydrogen) atoms. The highest BCUT2D eigenvalue weighted by atomic mass is 16.2. The lowest BCUT2D eigenvalue weighted by molar-refractivity contribution is -0.130. The summed E-state index contributed by atoms with van der Waals surface area (Å²) in [7, 11) is 0. The number of nitrogens with one attached hydrogen (secondary N) is 1. The Morgan fingerprint density at radius 3 is 2.20 bits per heavy atom. The highest BCUT2D eigenvalue weighted by molar-refractivity contribution is 6.22. The SMILES string of the molecule is CC(C)C(C=C1C(=O)CC(C)(C)CC1=O)C(=O)[C@H](CCCCN)NC(=O)[C@@H](N)Cc1ccccc1. The van der Waals surface area contributed by atoms with Crippen molar-refractivity contribution in [1.29, 1.82) is 0 Å². The van der Waals surface area contributed by atoms with Gasteiger partial charge in [-0.15, -0.1) is 0 Å². The molecule has 192 valence electrons. The van der Waals surface area contributed by atoms with Gasteiger partial charge in [-0.1, -0.05) is 64.1 Å². The molecule has 3 atom stereocenters. The second-order valence-corrected chi connectivity index (χ2v) is 10.8. The van der Waals surface area contributed by atoms with Crippen molar-refractivity contribution in [2.45, 2.75) is 78.3 Å². The number of amides is 1. The number of benzene rings is 1. The summed E-state index contributed by atoms with van der Waals surface area (Å²) < 4.78 is 0. The van der Waals surface area contributed by atoms with E-state index in [1.807, 2.05) is 58.0 Å². The van der Waals surface area contributed by atoms with Gasteiger partial charge in [-0.05, 0) is 49.1 Å². The minimum absolute atomic E-state index is 0.115. The third kappa shape index (κ3) is 8.51. The third-order valence-corrected chi connectivity index (χ3v) is 6.51. The van der Waals surface area contributed by atoms with Gasteiger partial charge in [-0.2, -0.15) is 0 Å². The molecule has 1 aliphatic rings. The van der Waals surface area contributed by atoms with Crippen LogP contribution in [0.2, 0.25) is 0 Å². The zero-order chi connectivity index (χ0) is 26.2. The quantitative estimate of drug-likeness (QED) is 0.238. The summed E-state index contributed by atoms with van der Waals surface area (Å²) in [6, 6.07) is 7.88. The molecule has 0 aromatic heterocycles. The predicted molar refractivity (Wildman–Crippen MR) is 137 cm³/mol. The Kier molecular flexibility index (Phi) is 10.5.